The molecular formula is C21H30N6O4S. The first-order valence-corrected chi connectivity index (χ1v) is 11.8. The molecule has 3 aromatic rings. The molecule has 0 saturated carbocycles. The van der Waals surface area contributed by atoms with Gasteiger partial charge in [0, 0.05) is 24.2 Å². The van der Waals surface area contributed by atoms with Gasteiger partial charge in [-0.2, -0.15) is 5.10 Å². The second-order valence-corrected chi connectivity index (χ2v) is 9.11. The summed E-state index contributed by atoms with van der Waals surface area (Å²) in [5.41, 5.74) is 1.37. The number of aryl methyl sites for hydroxylation is 2. The van der Waals surface area contributed by atoms with Crippen LogP contribution in [0.15, 0.2) is 27.9 Å². The second-order valence-electron chi connectivity index (χ2n) is 7.34. The van der Waals surface area contributed by atoms with Gasteiger partial charge in [-0.3, -0.25) is 9.48 Å². The fraction of sp³-hybridized carbons (Fsp3) is 0.476. The first-order chi connectivity index (χ1) is 16.4. The lowest BCUT2D eigenvalue weighted by Gasteiger charge is -2.14. The van der Waals surface area contributed by atoms with Crippen LogP contribution in [-0.4, -0.2) is 66.8 Å². The number of nitrogens with zero attached hydrogens (tertiary/aromatic N) is 4. The quantitative estimate of drug-likeness (QED) is 0.465. The zero-order valence-electron chi connectivity index (χ0n) is 21.6. The van der Waals surface area contributed by atoms with Gasteiger partial charge in [0.1, 0.15) is 17.1 Å². The molecule has 0 amide bonds. The number of fused-ring (bicyclic) bond motifs is 1. The standard InChI is InChI=1S/C21H30N6O4S/c1-6-8-16-18-19(27(5)25-16)21(28)24-20(23-18)15-13-14(9-10-17(15)31-7-2)32(29,30)22-11-12-26(3)4/h9-10,13,22H,6-8,11-12H2,1-5H3,(H,23,24,28)/i3D3. The molecule has 0 aliphatic heterocycles. The van der Waals surface area contributed by atoms with Crippen LogP contribution < -0.4 is 15.0 Å². The molecule has 0 spiro atoms. The lowest BCUT2D eigenvalue weighted by Crippen LogP contribution is -2.31. The molecule has 0 aliphatic carbocycles. The molecule has 11 heteroatoms. The highest BCUT2D eigenvalue weighted by atomic mass is 32.2. The molecule has 0 saturated heterocycles. The number of likely N-dealkylation sites (N-methyl/N-ethyl adjacent to an activating group) is 1. The van der Waals surface area contributed by atoms with E-state index in [0.29, 0.717) is 41.1 Å². The van der Waals surface area contributed by atoms with Gasteiger partial charge in [0.25, 0.3) is 5.56 Å². The van der Waals surface area contributed by atoms with E-state index in [4.69, 9.17) is 8.85 Å². The Bertz CT molecular complexity index is 1370. The Hall–Kier alpha value is -2.76. The van der Waals surface area contributed by atoms with Gasteiger partial charge in [-0.25, -0.2) is 18.1 Å². The highest BCUT2D eigenvalue weighted by Crippen LogP contribution is 2.31. The van der Waals surface area contributed by atoms with E-state index in [1.165, 1.54) is 29.9 Å². The smallest absolute Gasteiger partial charge is 0.277 e. The summed E-state index contributed by atoms with van der Waals surface area (Å²) in [7, 11) is -0.920. The average molecular weight is 466 g/mol. The van der Waals surface area contributed by atoms with Crippen LogP contribution in [0.4, 0.5) is 0 Å². The Labute approximate surface area is 191 Å². The summed E-state index contributed by atoms with van der Waals surface area (Å²) in [6.45, 7) is 1.68. The number of aromatic nitrogens is 4. The number of nitrogens with one attached hydrogen (secondary N) is 2. The summed E-state index contributed by atoms with van der Waals surface area (Å²) in [6.07, 6.45) is 1.45. The molecule has 1 aromatic carbocycles. The van der Waals surface area contributed by atoms with Crippen molar-refractivity contribution in [2.45, 2.75) is 31.6 Å². The summed E-state index contributed by atoms with van der Waals surface area (Å²) in [4.78, 5) is 21.2. The molecule has 0 unspecified atom stereocenters. The Morgan fingerprint density at radius 1 is 1.34 bits per heavy atom. The monoisotopic (exact) mass is 465 g/mol. The van der Waals surface area contributed by atoms with Crippen molar-refractivity contribution < 1.29 is 17.3 Å². The molecular weight excluding hydrogens is 432 g/mol. The zero-order chi connectivity index (χ0) is 26.0. The largest absolute Gasteiger partial charge is 0.493 e. The molecule has 2 aromatic heterocycles. The van der Waals surface area contributed by atoms with Gasteiger partial charge in [0.2, 0.25) is 10.0 Å². The number of H-pyrrole nitrogens is 1. The van der Waals surface area contributed by atoms with Gasteiger partial charge < -0.3 is 14.6 Å². The predicted octanol–water partition coefficient (Wildman–Crippen LogP) is 1.51. The van der Waals surface area contributed by atoms with E-state index < -0.39 is 22.6 Å². The van der Waals surface area contributed by atoms with E-state index in [0.717, 1.165) is 11.3 Å². The molecule has 2 N–H and O–H groups in total. The third-order valence-corrected chi connectivity index (χ3v) is 6.26. The van der Waals surface area contributed by atoms with E-state index in [2.05, 4.69) is 19.8 Å². The van der Waals surface area contributed by atoms with Crippen LogP contribution in [0.3, 0.4) is 0 Å². The first kappa shape index (κ1) is 19.9. The van der Waals surface area contributed by atoms with Crippen LogP contribution in [0.5, 0.6) is 5.75 Å². The van der Waals surface area contributed by atoms with Gasteiger partial charge >= 0.3 is 0 Å². The Morgan fingerprint density at radius 3 is 2.81 bits per heavy atom. The number of hydrogen-bond donors (Lipinski definition) is 2. The van der Waals surface area contributed by atoms with Crippen LogP contribution in [0.1, 0.15) is 30.1 Å². The minimum absolute atomic E-state index is 0.00757. The maximum atomic E-state index is 12.9. The van der Waals surface area contributed by atoms with E-state index >= 15 is 0 Å². The SMILES string of the molecule is [2H]C([2H])([2H])N(C)CCNS(=O)(=O)c1ccc(OCC)c(-c2nc3c(CCC)nn(C)c3c(=O)[nH]2)c1. The second kappa shape index (κ2) is 9.80. The van der Waals surface area contributed by atoms with E-state index in [9.17, 15) is 13.2 Å². The van der Waals surface area contributed by atoms with Crippen molar-refractivity contribution >= 4 is 21.1 Å². The van der Waals surface area contributed by atoms with Gasteiger partial charge in [-0.05, 0) is 45.6 Å². The molecule has 0 bridgehead atoms. The van der Waals surface area contributed by atoms with Crippen LogP contribution in [-0.2, 0) is 23.5 Å². The molecule has 32 heavy (non-hydrogen) atoms. The zero-order valence-corrected chi connectivity index (χ0v) is 19.4. The summed E-state index contributed by atoms with van der Waals surface area (Å²) in [6, 6.07) is 4.26. The molecule has 174 valence electrons. The maximum Gasteiger partial charge on any atom is 0.277 e. The van der Waals surface area contributed by atoms with Crippen molar-refractivity contribution in [1.29, 1.82) is 0 Å². The lowest BCUT2D eigenvalue weighted by atomic mass is 10.1. The molecule has 2 heterocycles. The third-order valence-electron chi connectivity index (χ3n) is 4.80. The number of ether oxygens (including phenoxy) is 1. The maximum absolute atomic E-state index is 12.9. The molecule has 3 rings (SSSR count). The summed E-state index contributed by atoms with van der Waals surface area (Å²) >= 11 is 0. The lowest BCUT2D eigenvalue weighted by molar-refractivity contribution is 0.341. The molecule has 0 atom stereocenters. The van der Waals surface area contributed by atoms with E-state index in [1.807, 2.05) is 6.92 Å². The molecule has 0 aliphatic rings. The summed E-state index contributed by atoms with van der Waals surface area (Å²) < 4.78 is 57.5. The fourth-order valence-corrected chi connectivity index (χ4v) is 4.40. The number of rotatable bonds is 10. The van der Waals surface area contributed by atoms with E-state index in [1.54, 1.807) is 14.0 Å². The van der Waals surface area contributed by atoms with Gasteiger partial charge in [0.15, 0.2) is 5.52 Å². The van der Waals surface area contributed by atoms with Crippen LogP contribution >= 0.6 is 0 Å². The highest BCUT2D eigenvalue weighted by Gasteiger charge is 2.21. The Morgan fingerprint density at radius 2 is 2.12 bits per heavy atom. The summed E-state index contributed by atoms with van der Waals surface area (Å²) in [5, 5.41) is 4.41. The van der Waals surface area contributed by atoms with Crippen molar-refractivity contribution in [1.82, 2.24) is 29.4 Å². The molecule has 0 fully saturated rings. The summed E-state index contributed by atoms with van der Waals surface area (Å²) in [5.74, 6) is 0.521. The fourth-order valence-electron chi connectivity index (χ4n) is 3.35. The van der Waals surface area contributed by atoms with Crippen LogP contribution in [0.2, 0.25) is 0 Å². The van der Waals surface area contributed by atoms with Crippen molar-refractivity contribution in [2.75, 3.05) is 33.7 Å². The normalized spacial score (nSPS) is 13.8. The number of hydrogen-bond acceptors (Lipinski definition) is 7. The minimum atomic E-state index is -3.98. The van der Waals surface area contributed by atoms with Crippen molar-refractivity contribution in [2.24, 2.45) is 7.05 Å². The van der Waals surface area contributed by atoms with Crippen molar-refractivity contribution in [3.05, 3.63) is 34.2 Å². The number of sulfonamides is 1. The molecule has 10 nitrogen and oxygen atoms in total. The van der Waals surface area contributed by atoms with Gasteiger partial charge in [-0.1, -0.05) is 13.3 Å². The van der Waals surface area contributed by atoms with Crippen molar-refractivity contribution in [3.63, 3.8) is 0 Å². The Kier molecular flexibility index (Phi) is 6.09. The predicted molar refractivity (Wildman–Crippen MR) is 123 cm³/mol. The minimum Gasteiger partial charge on any atom is -0.493 e. The van der Waals surface area contributed by atoms with Crippen LogP contribution in [0, 0.1) is 0 Å². The third kappa shape index (κ3) is 5.00. The topological polar surface area (TPSA) is 122 Å². The highest BCUT2D eigenvalue weighted by molar-refractivity contribution is 7.89. The molecule has 0 radical (unpaired) electrons. The Balaban J connectivity index is 2.03. The average Bonchev–Trinajstić information content (AvgIpc) is 3.09. The van der Waals surface area contributed by atoms with Crippen LogP contribution in [0.25, 0.3) is 22.4 Å². The van der Waals surface area contributed by atoms with E-state index in [-0.39, 0.29) is 23.8 Å². The van der Waals surface area contributed by atoms with Crippen molar-refractivity contribution in [3.8, 4) is 17.1 Å². The van der Waals surface area contributed by atoms with Gasteiger partial charge in [-0.15, -0.1) is 0 Å². The number of benzene rings is 1. The first-order valence-electron chi connectivity index (χ1n) is 11.8. The van der Waals surface area contributed by atoms with Gasteiger partial charge in [0.05, 0.1) is 22.8 Å². The number of aromatic amines is 1.